The van der Waals surface area contributed by atoms with Crippen molar-refractivity contribution in [2.75, 3.05) is 29.4 Å². The van der Waals surface area contributed by atoms with Crippen LogP contribution in [0.25, 0.3) is 0 Å². The summed E-state index contributed by atoms with van der Waals surface area (Å²) in [6.45, 7) is 7.16. The van der Waals surface area contributed by atoms with E-state index in [1.807, 2.05) is 44.2 Å². The van der Waals surface area contributed by atoms with Crippen LogP contribution < -0.4 is 9.21 Å². The fraction of sp³-hybridized carbons (Fsp3) is 0.552. The summed E-state index contributed by atoms with van der Waals surface area (Å²) >= 11 is 0. The summed E-state index contributed by atoms with van der Waals surface area (Å²) in [4.78, 5) is 14.4. The van der Waals surface area contributed by atoms with Crippen molar-refractivity contribution in [3.63, 3.8) is 0 Å². The van der Waals surface area contributed by atoms with Gasteiger partial charge in [0.1, 0.15) is 0 Å². The Labute approximate surface area is 221 Å². The molecule has 1 fully saturated rings. The summed E-state index contributed by atoms with van der Waals surface area (Å²) in [5.41, 5.74) is 3.35. The van der Waals surface area contributed by atoms with E-state index in [4.69, 9.17) is 4.74 Å². The maximum atomic E-state index is 13.9. The van der Waals surface area contributed by atoms with Crippen LogP contribution >= 0.6 is 0 Å². The molecule has 0 spiro atoms. The van der Waals surface area contributed by atoms with Crippen molar-refractivity contribution in [1.82, 2.24) is 0 Å². The molecule has 4 rings (SSSR count). The molecule has 2 aromatic rings. The number of fused-ring (bicyclic) bond motifs is 1. The Bertz CT molecular complexity index is 1190. The fourth-order valence-corrected chi connectivity index (χ4v) is 7.29. The quantitative estimate of drug-likeness (QED) is 0.481. The number of benzene rings is 2. The van der Waals surface area contributed by atoms with Crippen LogP contribution in [0.2, 0.25) is 0 Å². The summed E-state index contributed by atoms with van der Waals surface area (Å²) in [6, 6.07) is 13.1. The van der Waals surface area contributed by atoms with E-state index in [2.05, 4.69) is 11.8 Å². The molecule has 0 amide bonds. The molecular weight excluding hydrogens is 488 g/mol. The number of aryl methyl sites for hydroxylation is 1. The Morgan fingerprint density at radius 1 is 1.08 bits per heavy atom. The van der Waals surface area contributed by atoms with Crippen molar-refractivity contribution in [2.24, 2.45) is 11.8 Å². The highest BCUT2D eigenvalue weighted by Gasteiger charge is 2.35. The zero-order valence-corrected chi connectivity index (χ0v) is 23.2. The predicted molar refractivity (Wildman–Crippen MR) is 146 cm³/mol. The van der Waals surface area contributed by atoms with E-state index in [-0.39, 0.29) is 28.7 Å². The zero-order chi connectivity index (χ0) is 26.7. The Hall–Kier alpha value is -2.58. The molecule has 8 heteroatoms. The van der Waals surface area contributed by atoms with Gasteiger partial charge in [0.2, 0.25) is 0 Å². The van der Waals surface area contributed by atoms with Gasteiger partial charge in [-0.05, 0) is 80.3 Å². The number of carbonyl (C=O) groups is 1. The number of carbonyl (C=O) groups excluding carboxylic acids is 1. The van der Waals surface area contributed by atoms with E-state index in [0.717, 1.165) is 43.4 Å². The number of anilines is 2. The third-order valence-corrected chi connectivity index (χ3v) is 9.52. The molecule has 37 heavy (non-hydrogen) atoms. The molecule has 1 aliphatic carbocycles. The van der Waals surface area contributed by atoms with Crippen LogP contribution in [0.15, 0.2) is 47.4 Å². The Morgan fingerprint density at radius 2 is 1.76 bits per heavy atom. The van der Waals surface area contributed by atoms with Crippen LogP contribution in [-0.2, 0) is 26.0 Å². The maximum Gasteiger partial charge on any atom is 0.308 e. The van der Waals surface area contributed by atoms with Crippen LogP contribution in [0.3, 0.4) is 0 Å². The molecule has 1 heterocycles. The number of ether oxygens (including phenoxy) is 1. The molecule has 1 N–H and O–H groups in total. The maximum absolute atomic E-state index is 13.9. The normalized spacial score (nSPS) is 22.0. The molecule has 0 radical (unpaired) electrons. The van der Waals surface area contributed by atoms with Gasteiger partial charge in [-0.15, -0.1) is 0 Å². The lowest BCUT2D eigenvalue weighted by atomic mass is 9.84. The van der Waals surface area contributed by atoms with E-state index in [9.17, 15) is 18.3 Å². The highest BCUT2D eigenvalue weighted by Crippen LogP contribution is 2.40. The second-order valence-corrected chi connectivity index (χ2v) is 12.6. The molecule has 1 aliphatic heterocycles. The largest absolute Gasteiger partial charge is 0.469 e. The van der Waals surface area contributed by atoms with Gasteiger partial charge in [0.15, 0.2) is 0 Å². The number of hydrogen-bond acceptors (Lipinski definition) is 6. The minimum atomic E-state index is -3.84. The van der Waals surface area contributed by atoms with E-state index >= 15 is 0 Å². The van der Waals surface area contributed by atoms with Gasteiger partial charge in [-0.25, -0.2) is 8.42 Å². The number of aliphatic hydroxyl groups excluding tert-OH is 1. The minimum Gasteiger partial charge on any atom is -0.469 e. The molecule has 1 atom stereocenters. The molecule has 0 saturated heterocycles. The molecule has 1 unspecified atom stereocenters. The van der Waals surface area contributed by atoms with Gasteiger partial charge in [0.25, 0.3) is 10.0 Å². The van der Waals surface area contributed by atoms with Gasteiger partial charge in [-0.2, -0.15) is 0 Å². The molecule has 1 saturated carbocycles. The molecule has 0 aromatic heterocycles. The number of nitrogens with zero attached hydrogens (tertiary/aromatic N) is 2. The summed E-state index contributed by atoms with van der Waals surface area (Å²) in [7, 11) is -2.40. The number of sulfonamides is 1. The van der Waals surface area contributed by atoms with Gasteiger partial charge in [-0.3, -0.25) is 9.10 Å². The SMILES string of the molecule is CCc1ccc(N(CC(C)C)S(=O)(=O)c2ccc3c(c2)C(O)CCN3C2CCC(C(=O)OC)CC2)cc1. The minimum absolute atomic E-state index is 0.0537. The van der Waals surface area contributed by atoms with E-state index in [0.29, 0.717) is 30.8 Å². The van der Waals surface area contributed by atoms with Gasteiger partial charge in [0.05, 0.1) is 29.7 Å². The van der Waals surface area contributed by atoms with Crippen LogP contribution in [-0.4, -0.2) is 45.7 Å². The van der Waals surface area contributed by atoms with Crippen molar-refractivity contribution >= 4 is 27.4 Å². The second kappa shape index (κ2) is 11.4. The molecule has 2 aliphatic rings. The lowest BCUT2D eigenvalue weighted by molar-refractivity contribution is -0.146. The fourth-order valence-electron chi connectivity index (χ4n) is 5.63. The highest BCUT2D eigenvalue weighted by molar-refractivity contribution is 7.92. The summed E-state index contributed by atoms with van der Waals surface area (Å²) in [6.07, 6.45) is 4.01. The smallest absolute Gasteiger partial charge is 0.308 e. The van der Waals surface area contributed by atoms with Crippen LogP contribution in [0.4, 0.5) is 11.4 Å². The summed E-state index contributed by atoms with van der Waals surface area (Å²) in [5, 5.41) is 10.9. The molecule has 2 aromatic carbocycles. The predicted octanol–water partition coefficient (Wildman–Crippen LogP) is 5.08. The Balaban J connectivity index is 1.63. The Morgan fingerprint density at radius 3 is 2.35 bits per heavy atom. The zero-order valence-electron chi connectivity index (χ0n) is 22.4. The van der Waals surface area contributed by atoms with Gasteiger partial charge in [-0.1, -0.05) is 32.9 Å². The van der Waals surface area contributed by atoms with E-state index in [1.54, 1.807) is 12.1 Å². The average Bonchev–Trinajstić information content (AvgIpc) is 2.91. The first-order valence-electron chi connectivity index (χ1n) is 13.4. The summed E-state index contributed by atoms with van der Waals surface area (Å²) < 4.78 is 34.2. The van der Waals surface area contributed by atoms with Gasteiger partial charge in [0, 0.05) is 30.4 Å². The van der Waals surface area contributed by atoms with Crippen LogP contribution in [0.1, 0.15) is 70.1 Å². The summed E-state index contributed by atoms with van der Waals surface area (Å²) in [5.74, 6) is -0.0561. The number of rotatable bonds is 8. The number of hydrogen-bond donors (Lipinski definition) is 1. The van der Waals surface area contributed by atoms with Crippen molar-refractivity contribution in [3.05, 3.63) is 53.6 Å². The molecule has 0 bridgehead atoms. The second-order valence-electron chi connectivity index (χ2n) is 10.7. The highest BCUT2D eigenvalue weighted by atomic mass is 32.2. The molecular formula is C29H40N2O5S. The average molecular weight is 529 g/mol. The van der Waals surface area contributed by atoms with Crippen LogP contribution in [0.5, 0.6) is 0 Å². The van der Waals surface area contributed by atoms with Gasteiger partial charge < -0.3 is 14.7 Å². The first-order valence-corrected chi connectivity index (χ1v) is 14.9. The molecule has 7 nitrogen and oxygen atoms in total. The van der Waals surface area contributed by atoms with Crippen molar-refractivity contribution in [3.8, 4) is 0 Å². The van der Waals surface area contributed by atoms with E-state index in [1.165, 1.54) is 11.4 Å². The third-order valence-electron chi connectivity index (χ3n) is 7.73. The lowest BCUT2D eigenvalue weighted by Crippen LogP contribution is -2.43. The first-order chi connectivity index (χ1) is 17.6. The number of methoxy groups -OCH3 is 1. The van der Waals surface area contributed by atoms with Crippen molar-refractivity contribution < 1.29 is 23.1 Å². The van der Waals surface area contributed by atoms with E-state index < -0.39 is 16.1 Å². The standard InChI is InChI=1S/C29H40N2O5S/c1-5-21-6-10-24(11-7-21)31(19-20(2)3)37(34,35)25-14-15-27-26(18-25)28(32)16-17-30(27)23-12-8-22(9-13-23)29(33)36-4/h6-7,10-11,14-15,18,20,22-23,28,32H,5,8-9,12-13,16-17,19H2,1-4H3. The van der Waals surface area contributed by atoms with Crippen molar-refractivity contribution in [1.29, 1.82) is 0 Å². The Kier molecular flexibility index (Phi) is 8.49. The first kappa shape index (κ1) is 27.5. The van der Waals surface area contributed by atoms with Gasteiger partial charge >= 0.3 is 5.97 Å². The monoisotopic (exact) mass is 528 g/mol. The lowest BCUT2D eigenvalue weighted by Gasteiger charge is -2.42. The topological polar surface area (TPSA) is 87.2 Å². The number of aliphatic hydroxyl groups is 1. The third kappa shape index (κ3) is 5.80. The number of esters is 1. The van der Waals surface area contributed by atoms with Crippen LogP contribution in [0, 0.1) is 11.8 Å². The van der Waals surface area contributed by atoms with Crippen molar-refractivity contribution in [2.45, 2.75) is 76.3 Å². The molecule has 202 valence electrons.